The quantitative estimate of drug-likeness (QED) is 0.917. The fraction of sp³-hybridized carbons (Fsp3) is 0.800. The van der Waals surface area contributed by atoms with Crippen LogP contribution in [0.15, 0.2) is 6.20 Å². The first kappa shape index (κ1) is 13.5. The van der Waals surface area contributed by atoms with Crippen molar-refractivity contribution in [1.29, 1.82) is 0 Å². The average molecular weight is 279 g/mol. The third kappa shape index (κ3) is 2.58. The van der Waals surface area contributed by atoms with Gasteiger partial charge in [0.25, 0.3) is 0 Å². The Morgan fingerprint density at radius 3 is 2.74 bits per heavy atom. The number of fused-ring (bicyclic) bond motifs is 2. The highest BCUT2D eigenvalue weighted by molar-refractivity contribution is 7.11. The first-order valence-corrected chi connectivity index (χ1v) is 8.41. The summed E-state index contributed by atoms with van der Waals surface area (Å²) in [5.41, 5.74) is 0. The number of thiazole rings is 1. The van der Waals surface area contributed by atoms with Gasteiger partial charge in [-0.25, -0.2) is 4.98 Å². The topological polar surface area (TPSA) is 28.2 Å². The Balaban J connectivity index is 1.70. The van der Waals surface area contributed by atoms with Crippen LogP contribution in [0.25, 0.3) is 0 Å². The largest absolute Gasteiger partial charge is 0.310 e. The number of hydrogen-bond acceptors (Lipinski definition) is 4. The number of nitrogens with zero attached hydrogens (tertiary/aromatic N) is 2. The van der Waals surface area contributed by atoms with Crippen LogP contribution in [0.5, 0.6) is 0 Å². The molecule has 106 valence electrons. The normalized spacial score (nSPS) is 32.7. The fourth-order valence-corrected chi connectivity index (χ4v) is 4.78. The molecule has 1 aromatic rings. The molecule has 2 aliphatic rings. The van der Waals surface area contributed by atoms with E-state index in [1.807, 2.05) is 11.3 Å². The summed E-state index contributed by atoms with van der Waals surface area (Å²) in [4.78, 5) is 8.72. The van der Waals surface area contributed by atoms with E-state index in [1.54, 1.807) is 0 Å². The molecule has 0 spiro atoms. The zero-order valence-electron chi connectivity index (χ0n) is 12.2. The molecule has 2 bridgehead atoms. The molecule has 3 nitrogen and oxygen atoms in total. The van der Waals surface area contributed by atoms with Gasteiger partial charge in [-0.15, -0.1) is 11.3 Å². The van der Waals surface area contributed by atoms with Gasteiger partial charge in [0.1, 0.15) is 0 Å². The van der Waals surface area contributed by atoms with Crippen LogP contribution in [-0.4, -0.2) is 35.6 Å². The zero-order valence-corrected chi connectivity index (χ0v) is 13.0. The van der Waals surface area contributed by atoms with Crippen molar-refractivity contribution in [2.45, 2.75) is 63.6 Å². The molecule has 0 saturated carbocycles. The minimum atomic E-state index is 0.444. The Morgan fingerprint density at radius 2 is 2.11 bits per heavy atom. The molecule has 4 heteroatoms. The lowest BCUT2D eigenvalue weighted by atomic mass is 9.92. The van der Waals surface area contributed by atoms with Gasteiger partial charge < -0.3 is 10.2 Å². The minimum Gasteiger partial charge on any atom is -0.310 e. The van der Waals surface area contributed by atoms with Crippen molar-refractivity contribution in [3.63, 3.8) is 0 Å². The summed E-state index contributed by atoms with van der Waals surface area (Å²) in [5.74, 6) is 0.710. The first-order valence-electron chi connectivity index (χ1n) is 7.60. The molecule has 0 aromatic carbocycles. The van der Waals surface area contributed by atoms with E-state index in [2.05, 4.69) is 37.3 Å². The maximum Gasteiger partial charge on any atom is 0.0960 e. The predicted octanol–water partition coefficient (Wildman–Crippen LogP) is 3.15. The van der Waals surface area contributed by atoms with Gasteiger partial charge in [-0.3, -0.25) is 0 Å². The Kier molecular flexibility index (Phi) is 3.92. The molecule has 2 saturated heterocycles. The van der Waals surface area contributed by atoms with Crippen molar-refractivity contribution in [3.8, 4) is 0 Å². The van der Waals surface area contributed by atoms with E-state index in [0.717, 1.165) is 18.6 Å². The van der Waals surface area contributed by atoms with E-state index in [0.29, 0.717) is 12.0 Å². The van der Waals surface area contributed by atoms with E-state index in [4.69, 9.17) is 4.98 Å². The van der Waals surface area contributed by atoms with Crippen molar-refractivity contribution in [2.75, 3.05) is 13.6 Å². The summed E-state index contributed by atoms with van der Waals surface area (Å²) < 4.78 is 0. The molecule has 1 N–H and O–H groups in total. The maximum absolute atomic E-state index is 4.72. The molecule has 3 unspecified atom stereocenters. The van der Waals surface area contributed by atoms with Crippen LogP contribution in [0, 0.1) is 0 Å². The standard InChI is InChI=1S/C15H25N3S/c1-4-16-10(2)14-9-17-15(19-14)11-7-12-5-6-13(8-11)18(12)3/h9-13,16H,4-8H2,1-3H3. The Bertz CT molecular complexity index is 417. The number of nitrogens with one attached hydrogen (secondary N) is 1. The lowest BCUT2D eigenvalue weighted by molar-refractivity contribution is 0.161. The molecular formula is C15H25N3S. The molecule has 2 fully saturated rings. The van der Waals surface area contributed by atoms with Gasteiger partial charge in [0.2, 0.25) is 0 Å². The SMILES string of the molecule is CCNC(C)c1cnc(C2CC3CCC(C2)N3C)s1. The van der Waals surface area contributed by atoms with Crippen LogP contribution in [0.1, 0.15) is 61.4 Å². The van der Waals surface area contributed by atoms with Gasteiger partial charge in [0, 0.05) is 35.1 Å². The van der Waals surface area contributed by atoms with E-state index < -0.39 is 0 Å². The maximum atomic E-state index is 4.72. The number of hydrogen-bond donors (Lipinski definition) is 1. The summed E-state index contributed by atoms with van der Waals surface area (Å²) in [6, 6.07) is 2.06. The highest BCUT2D eigenvalue weighted by Crippen LogP contribution is 2.43. The van der Waals surface area contributed by atoms with E-state index in [1.165, 1.54) is 35.6 Å². The van der Waals surface area contributed by atoms with Crippen molar-refractivity contribution < 1.29 is 0 Å². The third-order valence-electron chi connectivity index (χ3n) is 4.93. The third-order valence-corrected chi connectivity index (χ3v) is 6.27. The lowest BCUT2D eigenvalue weighted by Gasteiger charge is -2.35. The first-order chi connectivity index (χ1) is 9.19. The highest BCUT2D eigenvalue weighted by Gasteiger charge is 2.39. The highest BCUT2D eigenvalue weighted by atomic mass is 32.1. The second-order valence-electron chi connectivity index (χ2n) is 6.10. The lowest BCUT2D eigenvalue weighted by Crippen LogP contribution is -2.39. The molecule has 3 atom stereocenters. The van der Waals surface area contributed by atoms with Crippen molar-refractivity contribution >= 4 is 11.3 Å². The van der Waals surface area contributed by atoms with Crippen LogP contribution in [0.4, 0.5) is 0 Å². The second kappa shape index (κ2) is 5.51. The van der Waals surface area contributed by atoms with Gasteiger partial charge >= 0.3 is 0 Å². The van der Waals surface area contributed by atoms with Crippen molar-refractivity contribution in [1.82, 2.24) is 15.2 Å². The molecule has 1 aromatic heterocycles. The van der Waals surface area contributed by atoms with Gasteiger partial charge in [0.05, 0.1) is 5.01 Å². The molecule has 0 aliphatic carbocycles. The summed E-state index contributed by atoms with van der Waals surface area (Å²) in [6.45, 7) is 5.42. The minimum absolute atomic E-state index is 0.444. The molecular weight excluding hydrogens is 254 g/mol. The Morgan fingerprint density at radius 1 is 1.42 bits per heavy atom. The smallest absolute Gasteiger partial charge is 0.0960 e. The molecule has 19 heavy (non-hydrogen) atoms. The Hall–Kier alpha value is -0.450. The van der Waals surface area contributed by atoms with Gasteiger partial charge in [-0.05, 0) is 46.2 Å². The summed E-state index contributed by atoms with van der Waals surface area (Å²) in [7, 11) is 2.30. The average Bonchev–Trinajstić information content (AvgIpc) is 2.93. The monoisotopic (exact) mass is 279 g/mol. The van der Waals surface area contributed by atoms with Crippen LogP contribution in [0.2, 0.25) is 0 Å². The van der Waals surface area contributed by atoms with Crippen molar-refractivity contribution in [3.05, 3.63) is 16.1 Å². The molecule has 0 radical (unpaired) electrons. The van der Waals surface area contributed by atoms with Crippen LogP contribution in [-0.2, 0) is 0 Å². The Labute approximate surface area is 120 Å². The van der Waals surface area contributed by atoms with Gasteiger partial charge in [0.15, 0.2) is 0 Å². The van der Waals surface area contributed by atoms with Crippen LogP contribution in [0.3, 0.4) is 0 Å². The summed E-state index contributed by atoms with van der Waals surface area (Å²) in [6.07, 6.45) is 7.51. The second-order valence-corrected chi connectivity index (χ2v) is 7.19. The van der Waals surface area contributed by atoms with Crippen molar-refractivity contribution in [2.24, 2.45) is 0 Å². The van der Waals surface area contributed by atoms with E-state index in [-0.39, 0.29) is 0 Å². The predicted molar refractivity (Wildman–Crippen MR) is 80.8 cm³/mol. The molecule has 3 heterocycles. The number of aromatic nitrogens is 1. The number of rotatable bonds is 4. The molecule has 2 aliphatic heterocycles. The number of piperidine rings is 1. The van der Waals surface area contributed by atoms with Gasteiger partial charge in [-0.1, -0.05) is 6.92 Å². The molecule has 0 amide bonds. The van der Waals surface area contributed by atoms with Crippen LogP contribution >= 0.6 is 11.3 Å². The summed E-state index contributed by atoms with van der Waals surface area (Å²) >= 11 is 1.93. The van der Waals surface area contributed by atoms with E-state index >= 15 is 0 Å². The van der Waals surface area contributed by atoms with E-state index in [9.17, 15) is 0 Å². The fourth-order valence-electron chi connectivity index (χ4n) is 3.71. The van der Waals surface area contributed by atoms with Gasteiger partial charge in [-0.2, -0.15) is 0 Å². The summed E-state index contributed by atoms with van der Waals surface area (Å²) in [5, 5.41) is 4.86. The molecule has 3 rings (SSSR count). The van der Waals surface area contributed by atoms with Crippen LogP contribution < -0.4 is 5.32 Å². The zero-order chi connectivity index (χ0) is 13.4.